The Morgan fingerprint density at radius 3 is 0.873 bits per heavy atom. The molecule has 0 radical (unpaired) electrons. The summed E-state index contributed by atoms with van der Waals surface area (Å²) in [6.07, 6.45) is 63.3. The fourth-order valence-electron chi connectivity index (χ4n) is 16.9. The van der Waals surface area contributed by atoms with E-state index in [4.69, 9.17) is 4.74 Å². The SMILES string of the molecule is CCCCCCCC1CCC(C2CCC(C(CCOCCC(C3CCC(CCC)CC3)C3CCC(C4CCC(CCCCCCC)CC4)CC3)C3CCC(CCC)CC3)CC2)CC1. The minimum Gasteiger partial charge on any atom is -0.381 e. The van der Waals surface area contributed by atoms with Crippen LogP contribution in [0.15, 0.2) is 0 Å². The van der Waals surface area contributed by atoms with E-state index in [1.807, 2.05) is 0 Å². The highest BCUT2D eigenvalue weighted by Gasteiger charge is 2.39. The van der Waals surface area contributed by atoms with Gasteiger partial charge in [0.05, 0.1) is 0 Å². The highest BCUT2D eigenvalue weighted by Crippen LogP contribution is 2.50. The van der Waals surface area contributed by atoms with Crippen molar-refractivity contribution >= 4 is 0 Å². The lowest BCUT2D eigenvalue weighted by Crippen LogP contribution is -2.34. The van der Waals surface area contributed by atoms with Crippen molar-refractivity contribution < 1.29 is 4.74 Å². The van der Waals surface area contributed by atoms with Gasteiger partial charge in [-0.2, -0.15) is 0 Å². The third-order valence-corrected chi connectivity index (χ3v) is 21.0. The maximum Gasteiger partial charge on any atom is 0.0468 e. The molecule has 1 nitrogen and oxygen atoms in total. The number of unbranched alkanes of at least 4 members (excludes halogenated alkanes) is 8. The molecule has 0 N–H and O–H groups in total. The van der Waals surface area contributed by atoms with Gasteiger partial charge < -0.3 is 4.74 Å². The molecule has 2 atom stereocenters. The second kappa shape index (κ2) is 30.4. The van der Waals surface area contributed by atoms with Crippen LogP contribution in [-0.4, -0.2) is 13.2 Å². The zero-order chi connectivity index (χ0) is 43.9. The van der Waals surface area contributed by atoms with E-state index >= 15 is 0 Å². The van der Waals surface area contributed by atoms with E-state index in [9.17, 15) is 0 Å². The van der Waals surface area contributed by atoms with E-state index in [0.29, 0.717) is 0 Å². The van der Waals surface area contributed by atoms with Crippen molar-refractivity contribution in [1.29, 1.82) is 0 Å². The van der Waals surface area contributed by atoms with Crippen molar-refractivity contribution in [1.82, 2.24) is 0 Å². The molecule has 6 aliphatic rings. The van der Waals surface area contributed by atoms with Gasteiger partial charge in [-0.1, -0.05) is 182 Å². The van der Waals surface area contributed by atoms with Crippen LogP contribution in [0.1, 0.15) is 297 Å². The van der Waals surface area contributed by atoms with Gasteiger partial charge in [-0.05, 0) is 198 Å². The zero-order valence-electron chi connectivity index (χ0n) is 43.6. The van der Waals surface area contributed by atoms with Gasteiger partial charge in [-0.3, -0.25) is 0 Å². The minimum absolute atomic E-state index is 0.942. The van der Waals surface area contributed by atoms with E-state index < -0.39 is 0 Å². The van der Waals surface area contributed by atoms with Crippen LogP contribution in [0.25, 0.3) is 0 Å². The molecule has 0 bridgehead atoms. The van der Waals surface area contributed by atoms with Crippen molar-refractivity contribution in [3.63, 3.8) is 0 Å². The Morgan fingerprint density at radius 1 is 0.286 bits per heavy atom. The van der Waals surface area contributed by atoms with Crippen LogP contribution in [0.3, 0.4) is 0 Å². The highest BCUT2D eigenvalue weighted by molar-refractivity contribution is 4.90. The predicted molar refractivity (Wildman–Crippen MR) is 276 cm³/mol. The average Bonchev–Trinajstić information content (AvgIpc) is 3.33. The number of hydrogen-bond acceptors (Lipinski definition) is 1. The van der Waals surface area contributed by atoms with Crippen LogP contribution >= 0.6 is 0 Å². The van der Waals surface area contributed by atoms with Gasteiger partial charge in [0.2, 0.25) is 0 Å². The summed E-state index contributed by atoms with van der Waals surface area (Å²) < 4.78 is 6.92. The van der Waals surface area contributed by atoms with E-state index in [1.165, 1.54) is 167 Å². The van der Waals surface area contributed by atoms with Crippen LogP contribution in [0, 0.1) is 82.9 Å². The number of rotatable bonds is 28. The summed E-state index contributed by atoms with van der Waals surface area (Å²) in [5.41, 5.74) is 0. The summed E-state index contributed by atoms with van der Waals surface area (Å²) in [6, 6.07) is 0. The lowest BCUT2D eigenvalue weighted by Gasteiger charge is -2.43. The van der Waals surface area contributed by atoms with E-state index in [2.05, 4.69) is 27.7 Å². The Morgan fingerprint density at radius 2 is 0.556 bits per heavy atom. The first-order chi connectivity index (χ1) is 31.1. The molecule has 0 amide bonds. The van der Waals surface area contributed by atoms with Gasteiger partial charge in [0.15, 0.2) is 0 Å². The molecule has 2 unspecified atom stereocenters. The first-order valence-corrected chi connectivity index (χ1v) is 30.7. The molecule has 0 aromatic rings. The van der Waals surface area contributed by atoms with Crippen molar-refractivity contribution in [3.8, 4) is 0 Å². The Bertz CT molecular complexity index is 994. The van der Waals surface area contributed by atoms with E-state index in [1.54, 1.807) is 103 Å². The summed E-state index contributed by atoms with van der Waals surface area (Å²) in [6.45, 7) is 11.7. The third-order valence-electron chi connectivity index (χ3n) is 21.0. The quantitative estimate of drug-likeness (QED) is 0.0712. The molecule has 0 spiro atoms. The van der Waals surface area contributed by atoms with Gasteiger partial charge >= 0.3 is 0 Å². The van der Waals surface area contributed by atoms with Gasteiger partial charge in [-0.25, -0.2) is 0 Å². The number of hydrogen-bond donors (Lipinski definition) is 0. The molecular formula is C62H114O. The van der Waals surface area contributed by atoms with Crippen molar-refractivity contribution in [2.45, 2.75) is 297 Å². The summed E-state index contributed by atoms with van der Waals surface area (Å²) in [5.74, 6) is 14.3. The van der Waals surface area contributed by atoms with Crippen LogP contribution in [0.2, 0.25) is 0 Å². The Kier molecular flexibility index (Phi) is 25.3. The lowest BCUT2D eigenvalue weighted by molar-refractivity contribution is 0.0303. The first kappa shape index (κ1) is 52.3. The Labute approximate surface area is 396 Å². The molecule has 6 rings (SSSR count). The van der Waals surface area contributed by atoms with Gasteiger partial charge in [-0.15, -0.1) is 0 Å². The van der Waals surface area contributed by atoms with Crippen molar-refractivity contribution in [2.24, 2.45) is 82.9 Å². The summed E-state index contributed by atoms with van der Waals surface area (Å²) >= 11 is 0. The molecule has 6 saturated carbocycles. The summed E-state index contributed by atoms with van der Waals surface area (Å²) in [4.78, 5) is 0. The highest BCUT2D eigenvalue weighted by atomic mass is 16.5. The minimum atomic E-state index is 0.942. The topological polar surface area (TPSA) is 9.23 Å². The lowest BCUT2D eigenvalue weighted by atomic mass is 9.63. The Hall–Kier alpha value is -0.0400. The van der Waals surface area contributed by atoms with E-state index in [-0.39, 0.29) is 0 Å². The molecular weight excluding hydrogens is 761 g/mol. The van der Waals surface area contributed by atoms with Gasteiger partial charge in [0.25, 0.3) is 0 Å². The summed E-state index contributed by atoms with van der Waals surface area (Å²) in [5, 5.41) is 0. The maximum atomic E-state index is 6.92. The molecule has 63 heavy (non-hydrogen) atoms. The second-order valence-corrected chi connectivity index (χ2v) is 25.0. The number of ether oxygens (including phenoxy) is 1. The van der Waals surface area contributed by atoms with Crippen molar-refractivity contribution in [2.75, 3.05) is 13.2 Å². The van der Waals surface area contributed by atoms with Crippen LogP contribution in [-0.2, 0) is 4.74 Å². The molecule has 6 fully saturated rings. The fraction of sp³-hybridized carbons (Fsp3) is 1.00. The van der Waals surface area contributed by atoms with Crippen molar-refractivity contribution in [3.05, 3.63) is 0 Å². The Balaban J connectivity index is 0.950. The zero-order valence-corrected chi connectivity index (χ0v) is 43.6. The fourth-order valence-corrected chi connectivity index (χ4v) is 16.9. The van der Waals surface area contributed by atoms with Gasteiger partial charge in [0.1, 0.15) is 0 Å². The molecule has 0 saturated heterocycles. The third kappa shape index (κ3) is 17.8. The standard InChI is InChI=1S/C62H114O/c1-5-9-11-13-15-19-51-21-29-53(30-22-51)55-37-41-59(42-38-55)61(57-33-25-49(17-7-3)26-34-57)45-47-63-48-46-62(58-35-27-50(18-8-4)28-36-58)60-43-39-56(40-44-60)54-31-23-52(24-32-54)20-16-14-12-10-6-2/h49-62H,5-48H2,1-4H3. The molecule has 1 heteroatoms. The average molecular weight is 876 g/mol. The molecule has 0 aromatic carbocycles. The first-order valence-electron chi connectivity index (χ1n) is 30.7. The molecule has 0 heterocycles. The van der Waals surface area contributed by atoms with Crippen LogP contribution in [0.5, 0.6) is 0 Å². The van der Waals surface area contributed by atoms with Gasteiger partial charge in [0, 0.05) is 13.2 Å². The maximum absolute atomic E-state index is 6.92. The molecule has 0 aromatic heterocycles. The molecule has 0 aliphatic heterocycles. The molecule has 6 aliphatic carbocycles. The smallest absolute Gasteiger partial charge is 0.0468 e. The monoisotopic (exact) mass is 875 g/mol. The van der Waals surface area contributed by atoms with Crippen LogP contribution in [0.4, 0.5) is 0 Å². The predicted octanol–water partition coefficient (Wildman–Crippen LogP) is 20.2. The normalized spacial score (nSPS) is 35.6. The molecule has 368 valence electrons. The van der Waals surface area contributed by atoms with E-state index in [0.717, 1.165) is 96.1 Å². The summed E-state index contributed by atoms with van der Waals surface area (Å²) in [7, 11) is 0. The second-order valence-electron chi connectivity index (χ2n) is 25.0. The van der Waals surface area contributed by atoms with Crippen LogP contribution < -0.4 is 0 Å². The largest absolute Gasteiger partial charge is 0.381 e.